The molecule has 6 heteroatoms. The van der Waals surface area contributed by atoms with Crippen molar-refractivity contribution in [3.63, 3.8) is 0 Å². The van der Waals surface area contributed by atoms with Gasteiger partial charge in [-0.3, -0.25) is 0 Å². The van der Waals surface area contributed by atoms with Crippen molar-refractivity contribution in [1.82, 2.24) is 0 Å². The molecule has 0 aromatic heterocycles. The van der Waals surface area contributed by atoms with Crippen LogP contribution in [0.1, 0.15) is 1.43 Å². The Morgan fingerprint density at radius 1 is 1.00 bits per heavy atom. The van der Waals surface area contributed by atoms with Crippen molar-refractivity contribution >= 4 is 7.25 Å². The number of halogens is 4. The summed E-state index contributed by atoms with van der Waals surface area (Å²) >= 11 is 0. The summed E-state index contributed by atoms with van der Waals surface area (Å²) in [5.41, 5.74) is 0. The van der Waals surface area contributed by atoms with E-state index in [1.165, 1.54) is 0 Å². The number of hydrogen-bond donors (Lipinski definition) is 0. The Morgan fingerprint density at radius 2 is 1.00 bits per heavy atom. The second kappa shape index (κ2) is 2.59. The Kier molecular flexibility index (Phi) is 4.18. The molecule has 0 bridgehead atoms. The van der Waals surface area contributed by atoms with Crippen molar-refractivity contribution < 1.29 is 39.1 Å². The smallest absolute Gasteiger partial charge is 0.418 e. The second-order valence-electron chi connectivity index (χ2n) is 0.495. The molecule has 6 heavy (non-hydrogen) atoms. The van der Waals surface area contributed by atoms with Crippen LogP contribution in [0.5, 0.6) is 0 Å². The molecule has 0 spiro atoms. The molecule has 0 rings (SSSR count). The fourth-order valence-electron chi connectivity index (χ4n) is 0. The molecule has 0 aliphatic carbocycles. The molecule has 0 heterocycles. The molecular formula is HBF4Pd. The zero-order valence-corrected chi connectivity index (χ0v) is 3.96. The van der Waals surface area contributed by atoms with Gasteiger partial charge in [-0.2, -0.15) is 0 Å². The maximum Gasteiger partial charge on any atom is 1.00 e. The van der Waals surface area contributed by atoms with Gasteiger partial charge in [0.05, 0.1) is 0 Å². The van der Waals surface area contributed by atoms with E-state index in [0.29, 0.717) is 0 Å². The van der Waals surface area contributed by atoms with Crippen LogP contribution in [0.15, 0.2) is 0 Å². The van der Waals surface area contributed by atoms with Gasteiger partial charge in [0.1, 0.15) is 0 Å². The second-order valence-corrected chi connectivity index (χ2v) is 0.495. The summed E-state index contributed by atoms with van der Waals surface area (Å²) in [4.78, 5) is 0. The van der Waals surface area contributed by atoms with E-state index in [1.807, 2.05) is 0 Å². The average molecular weight is 194 g/mol. The van der Waals surface area contributed by atoms with Crippen molar-refractivity contribution in [3.8, 4) is 0 Å². The SMILES string of the molecule is F[B-](F)(F)F.[H+].[Pd]. The third kappa shape index (κ3) is 264. The molecule has 0 saturated heterocycles. The normalized spacial score (nSPS) is 10.0. The summed E-state index contributed by atoms with van der Waals surface area (Å²) in [5.74, 6) is 0. The van der Waals surface area contributed by atoms with E-state index in [2.05, 4.69) is 0 Å². The molecule has 0 aliphatic heterocycles. The van der Waals surface area contributed by atoms with Crippen LogP contribution in [-0.2, 0) is 20.4 Å². The molecule has 0 aliphatic rings. The van der Waals surface area contributed by atoms with Crippen LogP contribution in [0.3, 0.4) is 0 Å². The zero-order valence-electron chi connectivity index (χ0n) is 3.41. The van der Waals surface area contributed by atoms with Crippen LogP contribution in [0.25, 0.3) is 0 Å². The first-order chi connectivity index (χ1) is 2.00. The van der Waals surface area contributed by atoms with Crippen molar-refractivity contribution in [2.24, 2.45) is 0 Å². The Labute approximate surface area is 47.2 Å². The minimum Gasteiger partial charge on any atom is -0.418 e. The van der Waals surface area contributed by atoms with Gasteiger partial charge in [0.2, 0.25) is 0 Å². The Hall–Kier alpha value is 0.447. The summed E-state index contributed by atoms with van der Waals surface area (Å²) in [7, 11) is -6.00. The Morgan fingerprint density at radius 3 is 1.00 bits per heavy atom. The summed E-state index contributed by atoms with van der Waals surface area (Å²) in [6.07, 6.45) is 0. The summed E-state index contributed by atoms with van der Waals surface area (Å²) in [5, 5.41) is 0. The predicted octanol–water partition coefficient (Wildman–Crippen LogP) is 1.41. The average Bonchev–Trinajstić information content (AvgIpc) is 0.722. The van der Waals surface area contributed by atoms with E-state index in [0.717, 1.165) is 0 Å². The van der Waals surface area contributed by atoms with Gasteiger partial charge in [0, 0.05) is 20.4 Å². The van der Waals surface area contributed by atoms with Crippen LogP contribution in [-0.4, -0.2) is 7.25 Å². The van der Waals surface area contributed by atoms with E-state index in [9.17, 15) is 17.3 Å². The maximum atomic E-state index is 9.75. The fraction of sp³-hybridized carbons (Fsp3) is 0. The van der Waals surface area contributed by atoms with E-state index < -0.39 is 7.25 Å². The van der Waals surface area contributed by atoms with Gasteiger partial charge in [-0.05, 0) is 0 Å². The molecule has 0 unspecified atom stereocenters. The molecule has 0 atom stereocenters. The summed E-state index contributed by atoms with van der Waals surface area (Å²) < 4.78 is 39.0. The monoisotopic (exact) mass is 194 g/mol. The maximum absolute atomic E-state index is 9.75. The molecule has 0 amide bonds. The van der Waals surface area contributed by atoms with Crippen molar-refractivity contribution in [2.45, 2.75) is 0 Å². The molecule has 0 nitrogen and oxygen atoms in total. The molecule has 0 aromatic carbocycles. The standard InChI is InChI=1S/BF4.Pd/c2-1(3,4)5;/q-1;/p+1. The van der Waals surface area contributed by atoms with Gasteiger partial charge >= 0.3 is 8.68 Å². The fourth-order valence-corrected chi connectivity index (χ4v) is 0. The van der Waals surface area contributed by atoms with Crippen LogP contribution in [0.4, 0.5) is 17.3 Å². The largest absolute Gasteiger partial charge is 1.00 e. The number of hydrogen-bond acceptors (Lipinski definition) is 0. The molecule has 0 N–H and O–H groups in total. The first-order valence-corrected chi connectivity index (χ1v) is 0.873. The molecule has 0 aromatic rings. The van der Waals surface area contributed by atoms with Gasteiger partial charge in [-0.25, -0.2) is 0 Å². The minimum absolute atomic E-state index is 0. The zero-order chi connectivity index (χ0) is 4.50. The van der Waals surface area contributed by atoms with E-state index in [4.69, 9.17) is 0 Å². The molecule has 42 valence electrons. The van der Waals surface area contributed by atoms with Crippen LogP contribution < -0.4 is 0 Å². The van der Waals surface area contributed by atoms with Crippen LogP contribution in [0, 0.1) is 0 Å². The first kappa shape index (κ1) is 9.67. The third-order valence-electron chi connectivity index (χ3n) is 0. The van der Waals surface area contributed by atoms with Crippen molar-refractivity contribution in [1.29, 1.82) is 0 Å². The summed E-state index contributed by atoms with van der Waals surface area (Å²) in [6.45, 7) is 0. The van der Waals surface area contributed by atoms with Crippen molar-refractivity contribution in [3.05, 3.63) is 0 Å². The minimum atomic E-state index is -6.00. The van der Waals surface area contributed by atoms with Crippen LogP contribution >= 0.6 is 0 Å². The topological polar surface area (TPSA) is 0 Å². The van der Waals surface area contributed by atoms with E-state index in [-0.39, 0.29) is 21.8 Å². The summed E-state index contributed by atoms with van der Waals surface area (Å²) in [6, 6.07) is 0. The van der Waals surface area contributed by atoms with Gasteiger partial charge in [-0.1, -0.05) is 0 Å². The van der Waals surface area contributed by atoms with Crippen molar-refractivity contribution in [2.75, 3.05) is 0 Å². The van der Waals surface area contributed by atoms with Gasteiger partial charge in [0.15, 0.2) is 0 Å². The Balaban J connectivity index is -0.0000000800. The van der Waals surface area contributed by atoms with Gasteiger partial charge < -0.3 is 17.3 Å². The molecule has 0 saturated carbocycles. The third-order valence-corrected chi connectivity index (χ3v) is 0. The molecular weight excluding hydrogens is 193 g/mol. The molecule has 0 radical (unpaired) electrons. The van der Waals surface area contributed by atoms with Gasteiger partial charge in [0.25, 0.3) is 0 Å². The van der Waals surface area contributed by atoms with E-state index >= 15 is 0 Å². The number of rotatable bonds is 0. The van der Waals surface area contributed by atoms with E-state index in [1.54, 1.807) is 0 Å². The Bertz CT molecular complexity index is 27.2. The quantitative estimate of drug-likeness (QED) is 0.404. The van der Waals surface area contributed by atoms with Crippen LogP contribution in [0.2, 0.25) is 0 Å². The van der Waals surface area contributed by atoms with Gasteiger partial charge in [-0.15, -0.1) is 0 Å². The first-order valence-electron chi connectivity index (χ1n) is 0.873. The predicted molar refractivity (Wildman–Crippen MR) is 11.3 cm³/mol. The molecule has 0 fully saturated rings.